The molecule has 0 aliphatic rings. The second-order valence-corrected chi connectivity index (χ2v) is 4.81. The Morgan fingerprint density at radius 2 is 2.00 bits per heavy atom. The number of nitrogens with zero attached hydrogens (tertiary/aromatic N) is 3. The minimum absolute atomic E-state index is 0.0341. The van der Waals surface area contributed by atoms with Gasteiger partial charge in [-0.25, -0.2) is 0 Å². The van der Waals surface area contributed by atoms with E-state index in [0.717, 1.165) is 0 Å². The highest BCUT2D eigenvalue weighted by Crippen LogP contribution is 2.13. The smallest absolute Gasteiger partial charge is 0.253 e. The van der Waals surface area contributed by atoms with Crippen LogP contribution in [0.3, 0.4) is 0 Å². The molecule has 2 amide bonds. The molecule has 0 atom stereocenters. The maximum Gasteiger partial charge on any atom is 0.253 e. The number of carbonyl (C=O) groups is 2. The topological polar surface area (TPSA) is 67.2 Å². The molecule has 0 bridgehead atoms. The molecule has 0 unspecified atom stereocenters. The molecule has 1 N–H and O–H groups in total. The molecule has 116 valence electrons. The van der Waals surface area contributed by atoms with Crippen LogP contribution in [0.15, 0.2) is 42.7 Å². The number of anilines is 1. The summed E-state index contributed by atoms with van der Waals surface area (Å²) in [5.74, 6) is -0.218. The van der Waals surface area contributed by atoms with Crippen molar-refractivity contribution in [2.45, 2.75) is 20.4 Å². The van der Waals surface area contributed by atoms with Crippen LogP contribution in [-0.4, -0.2) is 39.6 Å². The first kappa shape index (κ1) is 15.8. The molecule has 0 aliphatic carbocycles. The van der Waals surface area contributed by atoms with E-state index in [1.807, 2.05) is 13.8 Å². The zero-order valence-corrected chi connectivity index (χ0v) is 12.8. The van der Waals surface area contributed by atoms with Crippen molar-refractivity contribution in [3.05, 3.63) is 48.3 Å². The second-order valence-electron chi connectivity index (χ2n) is 4.81. The van der Waals surface area contributed by atoms with Crippen molar-refractivity contribution < 1.29 is 9.59 Å². The van der Waals surface area contributed by atoms with Gasteiger partial charge in [0.2, 0.25) is 5.91 Å². The van der Waals surface area contributed by atoms with Crippen LogP contribution >= 0.6 is 0 Å². The van der Waals surface area contributed by atoms with E-state index in [-0.39, 0.29) is 18.4 Å². The van der Waals surface area contributed by atoms with E-state index < -0.39 is 0 Å². The van der Waals surface area contributed by atoms with E-state index in [1.54, 1.807) is 52.3 Å². The van der Waals surface area contributed by atoms with Crippen molar-refractivity contribution in [2.24, 2.45) is 0 Å². The third-order valence-electron chi connectivity index (χ3n) is 3.31. The maximum atomic E-state index is 12.3. The van der Waals surface area contributed by atoms with E-state index in [0.29, 0.717) is 24.3 Å². The van der Waals surface area contributed by atoms with Crippen molar-refractivity contribution in [1.29, 1.82) is 0 Å². The van der Waals surface area contributed by atoms with Gasteiger partial charge in [0.1, 0.15) is 6.54 Å². The summed E-state index contributed by atoms with van der Waals surface area (Å²) in [6, 6.07) is 8.74. The lowest BCUT2D eigenvalue weighted by Crippen LogP contribution is -2.30. The van der Waals surface area contributed by atoms with Crippen LogP contribution in [0.4, 0.5) is 5.69 Å². The minimum atomic E-state index is -0.184. The molecule has 0 aliphatic heterocycles. The van der Waals surface area contributed by atoms with Crippen LogP contribution in [-0.2, 0) is 11.3 Å². The molecule has 22 heavy (non-hydrogen) atoms. The molecule has 0 saturated carbocycles. The van der Waals surface area contributed by atoms with Crippen LogP contribution in [0.25, 0.3) is 0 Å². The van der Waals surface area contributed by atoms with Crippen LogP contribution in [0.5, 0.6) is 0 Å². The van der Waals surface area contributed by atoms with E-state index in [1.165, 1.54) is 0 Å². The summed E-state index contributed by atoms with van der Waals surface area (Å²) in [6.45, 7) is 5.34. The van der Waals surface area contributed by atoms with Crippen LogP contribution < -0.4 is 5.32 Å². The summed E-state index contributed by atoms with van der Waals surface area (Å²) < 4.78 is 1.54. The fourth-order valence-electron chi connectivity index (χ4n) is 2.17. The number of nitrogens with one attached hydrogen (secondary N) is 1. The Bertz CT molecular complexity index is 633. The fourth-order valence-corrected chi connectivity index (χ4v) is 2.17. The zero-order chi connectivity index (χ0) is 15.9. The SMILES string of the molecule is CCN(CC)C(=O)c1cccc(NC(=O)Cn2cccn2)c1. The van der Waals surface area contributed by atoms with Gasteiger partial charge in [-0.2, -0.15) is 5.10 Å². The van der Waals surface area contributed by atoms with Crippen LogP contribution in [0.2, 0.25) is 0 Å². The molecule has 6 heteroatoms. The third kappa shape index (κ3) is 3.94. The Morgan fingerprint density at radius 1 is 1.23 bits per heavy atom. The van der Waals surface area contributed by atoms with Gasteiger partial charge in [0, 0.05) is 36.7 Å². The molecule has 1 aromatic heterocycles. The normalized spacial score (nSPS) is 10.3. The van der Waals surface area contributed by atoms with Crippen LogP contribution in [0.1, 0.15) is 24.2 Å². The predicted octanol–water partition coefficient (Wildman–Crippen LogP) is 2.00. The molecule has 0 fully saturated rings. The Hall–Kier alpha value is -2.63. The quantitative estimate of drug-likeness (QED) is 0.887. The largest absolute Gasteiger partial charge is 0.339 e. The molecule has 0 radical (unpaired) electrons. The fraction of sp³-hybridized carbons (Fsp3) is 0.312. The van der Waals surface area contributed by atoms with E-state index in [9.17, 15) is 9.59 Å². The highest BCUT2D eigenvalue weighted by atomic mass is 16.2. The summed E-state index contributed by atoms with van der Waals surface area (Å²) in [7, 11) is 0. The summed E-state index contributed by atoms with van der Waals surface area (Å²) in [4.78, 5) is 26.0. The van der Waals surface area contributed by atoms with Gasteiger partial charge in [0.15, 0.2) is 0 Å². The van der Waals surface area contributed by atoms with Gasteiger partial charge < -0.3 is 10.2 Å². The van der Waals surface area contributed by atoms with Gasteiger partial charge >= 0.3 is 0 Å². The Labute approximate surface area is 129 Å². The predicted molar refractivity (Wildman–Crippen MR) is 84.6 cm³/mol. The van der Waals surface area contributed by atoms with Gasteiger partial charge in [-0.1, -0.05) is 6.07 Å². The molecule has 0 saturated heterocycles. The van der Waals surface area contributed by atoms with Gasteiger partial charge in [0.25, 0.3) is 5.91 Å². The highest BCUT2D eigenvalue weighted by Gasteiger charge is 2.13. The van der Waals surface area contributed by atoms with Gasteiger partial charge in [-0.15, -0.1) is 0 Å². The Kier molecular flexibility index (Phi) is 5.30. The molecule has 0 spiro atoms. The van der Waals surface area contributed by atoms with E-state index in [2.05, 4.69) is 10.4 Å². The summed E-state index contributed by atoms with van der Waals surface area (Å²) >= 11 is 0. The van der Waals surface area contributed by atoms with Crippen molar-refractivity contribution in [3.8, 4) is 0 Å². The monoisotopic (exact) mass is 300 g/mol. The number of hydrogen-bond acceptors (Lipinski definition) is 3. The molecule has 6 nitrogen and oxygen atoms in total. The highest BCUT2D eigenvalue weighted by molar-refractivity contribution is 5.97. The summed E-state index contributed by atoms with van der Waals surface area (Å²) in [5.41, 5.74) is 1.18. The van der Waals surface area contributed by atoms with Crippen molar-refractivity contribution in [3.63, 3.8) is 0 Å². The lowest BCUT2D eigenvalue weighted by molar-refractivity contribution is -0.116. The van der Waals surface area contributed by atoms with Crippen molar-refractivity contribution in [2.75, 3.05) is 18.4 Å². The number of hydrogen-bond donors (Lipinski definition) is 1. The Morgan fingerprint density at radius 3 is 2.64 bits per heavy atom. The Balaban J connectivity index is 2.05. The molecule has 2 aromatic rings. The number of aromatic nitrogens is 2. The number of benzene rings is 1. The molecule has 1 aromatic carbocycles. The van der Waals surface area contributed by atoms with E-state index >= 15 is 0 Å². The third-order valence-corrected chi connectivity index (χ3v) is 3.31. The van der Waals surface area contributed by atoms with Gasteiger partial charge in [-0.3, -0.25) is 14.3 Å². The molecule has 2 rings (SSSR count). The average molecular weight is 300 g/mol. The lowest BCUT2D eigenvalue weighted by Gasteiger charge is -2.19. The summed E-state index contributed by atoms with van der Waals surface area (Å²) in [6.07, 6.45) is 3.34. The van der Waals surface area contributed by atoms with Crippen LogP contribution in [0, 0.1) is 0 Å². The van der Waals surface area contributed by atoms with Crippen molar-refractivity contribution in [1.82, 2.24) is 14.7 Å². The van der Waals surface area contributed by atoms with Crippen molar-refractivity contribution >= 4 is 17.5 Å². The van der Waals surface area contributed by atoms with E-state index in [4.69, 9.17) is 0 Å². The zero-order valence-electron chi connectivity index (χ0n) is 12.8. The lowest BCUT2D eigenvalue weighted by atomic mass is 10.1. The molecular formula is C16H20N4O2. The average Bonchev–Trinajstić information content (AvgIpc) is 3.01. The first-order valence-electron chi connectivity index (χ1n) is 7.30. The van der Waals surface area contributed by atoms with Gasteiger partial charge in [-0.05, 0) is 38.1 Å². The number of carbonyl (C=O) groups excluding carboxylic acids is 2. The second kappa shape index (κ2) is 7.40. The summed E-state index contributed by atoms with van der Waals surface area (Å²) in [5, 5.41) is 6.76. The first-order chi connectivity index (χ1) is 10.6. The molecule has 1 heterocycles. The van der Waals surface area contributed by atoms with Gasteiger partial charge in [0.05, 0.1) is 0 Å². The number of amides is 2. The molecular weight excluding hydrogens is 280 g/mol. The standard InChI is InChI=1S/C16H20N4O2/c1-3-19(4-2)16(22)13-7-5-8-14(11-13)18-15(21)12-20-10-6-9-17-20/h5-11H,3-4,12H2,1-2H3,(H,18,21). The number of rotatable bonds is 6. The minimum Gasteiger partial charge on any atom is -0.339 e. The first-order valence-corrected chi connectivity index (χ1v) is 7.30. The maximum absolute atomic E-state index is 12.3.